The molecule has 1 N–H and O–H groups in total. The van der Waals surface area contributed by atoms with E-state index in [1.165, 1.54) is 16.7 Å². The minimum atomic E-state index is 0.261. The van der Waals surface area contributed by atoms with E-state index in [0.29, 0.717) is 6.42 Å². The molecule has 102 valence electrons. The Bertz CT molecular complexity index is 621. The number of aryl methyl sites for hydroxylation is 2. The molecule has 2 rings (SSSR count). The average Bonchev–Trinajstić information content (AvgIpc) is 2.41. The van der Waals surface area contributed by atoms with Gasteiger partial charge in [-0.15, -0.1) is 0 Å². The van der Waals surface area contributed by atoms with Gasteiger partial charge in [0.1, 0.15) is 0 Å². The van der Waals surface area contributed by atoms with Gasteiger partial charge in [0.15, 0.2) is 0 Å². The number of rotatable bonds is 4. The van der Waals surface area contributed by atoms with Crippen LogP contribution >= 0.6 is 0 Å². The maximum absolute atomic E-state index is 8.67. The third-order valence-electron chi connectivity index (χ3n) is 3.51. The van der Waals surface area contributed by atoms with Crippen LogP contribution in [0.15, 0.2) is 42.5 Å². The molecule has 2 nitrogen and oxygen atoms in total. The van der Waals surface area contributed by atoms with Gasteiger partial charge in [0, 0.05) is 11.7 Å². The van der Waals surface area contributed by atoms with Gasteiger partial charge in [0.25, 0.3) is 0 Å². The maximum atomic E-state index is 8.67. The van der Waals surface area contributed by atoms with E-state index in [-0.39, 0.29) is 6.04 Å². The van der Waals surface area contributed by atoms with Crippen molar-refractivity contribution in [3.63, 3.8) is 0 Å². The highest BCUT2D eigenvalue weighted by atomic mass is 14.9. The number of benzene rings is 2. The van der Waals surface area contributed by atoms with Crippen molar-refractivity contribution in [2.24, 2.45) is 0 Å². The van der Waals surface area contributed by atoms with Crippen molar-refractivity contribution in [2.75, 3.05) is 5.32 Å². The summed E-state index contributed by atoms with van der Waals surface area (Å²) < 4.78 is 0. The van der Waals surface area contributed by atoms with E-state index in [1.807, 2.05) is 24.3 Å². The summed E-state index contributed by atoms with van der Waals surface area (Å²) in [5, 5.41) is 12.2. The third kappa shape index (κ3) is 3.39. The zero-order valence-electron chi connectivity index (χ0n) is 12.3. The van der Waals surface area contributed by atoms with Crippen LogP contribution in [0.3, 0.4) is 0 Å². The van der Waals surface area contributed by atoms with Gasteiger partial charge in [-0.3, -0.25) is 0 Å². The first-order valence-corrected chi connectivity index (χ1v) is 6.89. The molecule has 1 unspecified atom stereocenters. The average molecular weight is 264 g/mol. The Morgan fingerprint density at radius 3 is 2.40 bits per heavy atom. The predicted octanol–water partition coefficient (Wildman–Crippen LogP) is 4.54. The Balaban J connectivity index is 2.11. The lowest BCUT2D eigenvalue weighted by Gasteiger charge is -2.18. The Morgan fingerprint density at radius 1 is 1.10 bits per heavy atom. The summed E-state index contributed by atoms with van der Waals surface area (Å²) in [6.45, 7) is 6.43. The smallest absolute Gasteiger partial charge is 0.0669 e. The van der Waals surface area contributed by atoms with E-state index < -0.39 is 0 Å². The number of nitrogens with zero attached hydrogens (tertiary/aromatic N) is 1. The molecule has 2 heteroatoms. The van der Waals surface area contributed by atoms with Crippen molar-refractivity contribution in [2.45, 2.75) is 33.2 Å². The normalized spacial score (nSPS) is 11.7. The van der Waals surface area contributed by atoms with Crippen LogP contribution in [0.2, 0.25) is 0 Å². The molecule has 0 fully saturated rings. The third-order valence-corrected chi connectivity index (χ3v) is 3.51. The van der Waals surface area contributed by atoms with Gasteiger partial charge in [0.2, 0.25) is 0 Å². The first-order valence-electron chi connectivity index (χ1n) is 6.89. The summed E-state index contributed by atoms with van der Waals surface area (Å²) in [7, 11) is 0. The van der Waals surface area contributed by atoms with E-state index in [1.54, 1.807) is 0 Å². The van der Waals surface area contributed by atoms with Crippen molar-refractivity contribution in [3.05, 3.63) is 64.7 Å². The molecular weight excluding hydrogens is 244 g/mol. The highest BCUT2D eigenvalue weighted by molar-refractivity contribution is 5.48. The van der Waals surface area contributed by atoms with Gasteiger partial charge in [-0.25, -0.2) is 0 Å². The molecule has 0 amide bonds. The fraction of sp³-hybridized carbons (Fsp3) is 0.278. The van der Waals surface area contributed by atoms with Gasteiger partial charge in [0.05, 0.1) is 12.5 Å². The molecule has 0 spiro atoms. The fourth-order valence-corrected chi connectivity index (χ4v) is 2.45. The van der Waals surface area contributed by atoms with E-state index in [9.17, 15) is 0 Å². The quantitative estimate of drug-likeness (QED) is 0.879. The summed E-state index contributed by atoms with van der Waals surface area (Å²) in [6, 6.07) is 17.0. The standard InChI is InChI=1S/C18H20N2/c1-13-4-9-18(14(2)12-13)15(3)20-17-7-5-16(6-8-17)10-11-19/h4-9,12,15,20H,10H2,1-3H3. The molecule has 20 heavy (non-hydrogen) atoms. The zero-order valence-corrected chi connectivity index (χ0v) is 12.3. The number of hydrogen-bond acceptors (Lipinski definition) is 2. The van der Waals surface area contributed by atoms with Crippen molar-refractivity contribution in [3.8, 4) is 6.07 Å². The molecule has 0 aliphatic rings. The highest BCUT2D eigenvalue weighted by Gasteiger charge is 2.08. The molecule has 2 aromatic rings. The fourth-order valence-electron chi connectivity index (χ4n) is 2.45. The first kappa shape index (κ1) is 14.1. The Kier molecular flexibility index (Phi) is 4.42. The van der Waals surface area contributed by atoms with Crippen LogP contribution in [-0.2, 0) is 6.42 Å². The second kappa shape index (κ2) is 6.25. The van der Waals surface area contributed by atoms with E-state index >= 15 is 0 Å². The van der Waals surface area contributed by atoms with Crippen LogP contribution in [0.5, 0.6) is 0 Å². The van der Waals surface area contributed by atoms with Crippen LogP contribution in [0.1, 0.15) is 35.2 Å². The summed E-state index contributed by atoms with van der Waals surface area (Å²) in [4.78, 5) is 0. The summed E-state index contributed by atoms with van der Waals surface area (Å²) in [6.07, 6.45) is 0.465. The molecule has 0 radical (unpaired) electrons. The first-order chi connectivity index (χ1) is 9.60. The Labute approximate surface area is 121 Å². The number of hydrogen-bond donors (Lipinski definition) is 1. The maximum Gasteiger partial charge on any atom is 0.0669 e. The largest absolute Gasteiger partial charge is 0.379 e. The molecule has 0 aliphatic carbocycles. The molecule has 0 aliphatic heterocycles. The van der Waals surface area contributed by atoms with Gasteiger partial charge in [-0.2, -0.15) is 5.26 Å². The predicted molar refractivity (Wildman–Crippen MR) is 83.7 cm³/mol. The molecule has 0 saturated heterocycles. The van der Waals surface area contributed by atoms with E-state index in [2.05, 4.69) is 50.4 Å². The molecule has 0 aromatic heterocycles. The van der Waals surface area contributed by atoms with Crippen molar-refractivity contribution < 1.29 is 0 Å². The summed E-state index contributed by atoms with van der Waals surface area (Å²) in [5.41, 5.74) is 6.05. The van der Waals surface area contributed by atoms with E-state index in [4.69, 9.17) is 5.26 Å². The van der Waals surface area contributed by atoms with Crippen LogP contribution in [0.25, 0.3) is 0 Å². The monoisotopic (exact) mass is 264 g/mol. The lowest BCUT2D eigenvalue weighted by Crippen LogP contribution is -2.08. The van der Waals surface area contributed by atoms with Crippen molar-refractivity contribution in [1.82, 2.24) is 0 Å². The number of nitriles is 1. The molecule has 1 atom stereocenters. The lowest BCUT2D eigenvalue weighted by atomic mass is 10.00. The van der Waals surface area contributed by atoms with Crippen LogP contribution in [-0.4, -0.2) is 0 Å². The van der Waals surface area contributed by atoms with Crippen LogP contribution < -0.4 is 5.32 Å². The zero-order chi connectivity index (χ0) is 14.5. The van der Waals surface area contributed by atoms with Gasteiger partial charge in [-0.05, 0) is 49.6 Å². The number of anilines is 1. The van der Waals surface area contributed by atoms with Crippen LogP contribution in [0.4, 0.5) is 5.69 Å². The van der Waals surface area contributed by atoms with Crippen molar-refractivity contribution in [1.29, 1.82) is 5.26 Å². The summed E-state index contributed by atoms with van der Waals surface area (Å²) >= 11 is 0. The second-order valence-electron chi connectivity index (χ2n) is 5.26. The number of nitrogens with one attached hydrogen (secondary N) is 1. The Morgan fingerprint density at radius 2 is 1.80 bits per heavy atom. The lowest BCUT2D eigenvalue weighted by molar-refractivity contribution is 0.873. The molecule has 0 bridgehead atoms. The van der Waals surface area contributed by atoms with Gasteiger partial charge in [-0.1, -0.05) is 35.9 Å². The molecule has 2 aromatic carbocycles. The summed E-state index contributed by atoms with van der Waals surface area (Å²) in [5.74, 6) is 0. The minimum absolute atomic E-state index is 0.261. The molecular formula is C18H20N2. The topological polar surface area (TPSA) is 35.8 Å². The van der Waals surface area contributed by atoms with Gasteiger partial charge < -0.3 is 5.32 Å². The SMILES string of the molecule is Cc1ccc(C(C)Nc2ccc(CC#N)cc2)c(C)c1. The molecule has 0 heterocycles. The molecule has 0 saturated carbocycles. The Hall–Kier alpha value is -2.27. The minimum Gasteiger partial charge on any atom is -0.379 e. The van der Waals surface area contributed by atoms with Crippen LogP contribution in [0, 0.1) is 25.2 Å². The van der Waals surface area contributed by atoms with E-state index in [0.717, 1.165) is 11.3 Å². The second-order valence-corrected chi connectivity index (χ2v) is 5.26. The highest BCUT2D eigenvalue weighted by Crippen LogP contribution is 2.23. The van der Waals surface area contributed by atoms with Crippen molar-refractivity contribution >= 4 is 5.69 Å². The van der Waals surface area contributed by atoms with Gasteiger partial charge >= 0.3 is 0 Å².